The van der Waals surface area contributed by atoms with Crippen molar-refractivity contribution in [1.29, 1.82) is 0 Å². The van der Waals surface area contributed by atoms with Crippen molar-refractivity contribution in [1.82, 2.24) is 14.8 Å². The molecule has 0 aliphatic rings. The highest BCUT2D eigenvalue weighted by atomic mass is 15.3. The van der Waals surface area contributed by atoms with Crippen LogP contribution in [0, 0.1) is 6.92 Å². The SMILES string of the molecule is Cc1cc2c(-n3ccc(C(C)C)n3)ccc(N)c2cn1. The molecule has 102 valence electrons. The fourth-order valence-corrected chi connectivity index (χ4v) is 2.33. The van der Waals surface area contributed by atoms with Crippen LogP contribution in [0.1, 0.15) is 31.2 Å². The molecule has 0 amide bonds. The molecule has 0 fully saturated rings. The quantitative estimate of drug-likeness (QED) is 0.723. The molecule has 0 unspecified atom stereocenters. The maximum absolute atomic E-state index is 6.04. The molecule has 2 N–H and O–H groups in total. The van der Waals surface area contributed by atoms with Gasteiger partial charge in [-0.2, -0.15) is 5.10 Å². The number of nitrogen functional groups attached to an aromatic ring is 1. The summed E-state index contributed by atoms with van der Waals surface area (Å²) in [5.74, 6) is 0.416. The van der Waals surface area contributed by atoms with Crippen molar-refractivity contribution < 1.29 is 0 Å². The fraction of sp³-hybridized carbons (Fsp3) is 0.250. The zero-order chi connectivity index (χ0) is 14.3. The van der Waals surface area contributed by atoms with Crippen LogP contribution < -0.4 is 5.73 Å². The van der Waals surface area contributed by atoms with Crippen LogP contribution in [0.4, 0.5) is 5.69 Å². The first-order valence-corrected chi connectivity index (χ1v) is 6.77. The molecule has 0 bridgehead atoms. The van der Waals surface area contributed by atoms with Gasteiger partial charge in [0.05, 0.1) is 11.4 Å². The van der Waals surface area contributed by atoms with Gasteiger partial charge in [0.15, 0.2) is 0 Å². The Labute approximate surface area is 118 Å². The molecular weight excluding hydrogens is 248 g/mol. The van der Waals surface area contributed by atoms with Crippen LogP contribution in [-0.2, 0) is 0 Å². The van der Waals surface area contributed by atoms with Crippen molar-refractivity contribution in [3.63, 3.8) is 0 Å². The average molecular weight is 266 g/mol. The highest BCUT2D eigenvalue weighted by Gasteiger charge is 2.09. The molecule has 0 saturated carbocycles. The number of hydrogen-bond donors (Lipinski definition) is 1. The Morgan fingerprint density at radius 3 is 2.65 bits per heavy atom. The lowest BCUT2D eigenvalue weighted by atomic mass is 10.1. The third-order valence-corrected chi connectivity index (χ3v) is 3.50. The van der Waals surface area contributed by atoms with E-state index >= 15 is 0 Å². The second-order valence-electron chi connectivity index (χ2n) is 5.39. The van der Waals surface area contributed by atoms with Crippen molar-refractivity contribution >= 4 is 16.5 Å². The lowest BCUT2D eigenvalue weighted by Gasteiger charge is -2.09. The summed E-state index contributed by atoms with van der Waals surface area (Å²) in [6.45, 7) is 6.26. The Morgan fingerprint density at radius 1 is 1.15 bits per heavy atom. The van der Waals surface area contributed by atoms with E-state index in [-0.39, 0.29) is 0 Å². The number of pyridine rings is 1. The van der Waals surface area contributed by atoms with Gasteiger partial charge in [-0.15, -0.1) is 0 Å². The van der Waals surface area contributed by atoms with Crippen molar-refractivity contribution in [2.45, 2.75) is 26.7 Å². The number of nitrogens with zero attached hydrogens (tertiary/aromatic N) is 3. The zero-order valence-electron chi connectivity index (χ0n) is 12.0. The fourth-order valence-electron chi connectivity index (χ4n) is 2.33. The molecule has 4 heteroatoms. The molecule has 0 aliphatic carbocycles. The first kappa shape index (κ1) is 12.7. The van der Waals surface area contributed by atoms with Gasteiger partial charge in [-0.25, -0.2) is 4.68 Å². The molecule has 2 heterocycles. The number of rotatable bonds is 2. The van der Waals surface area contributed by atoms with Crippen molar-refractivity contribution in [2.24, 2.45) is 0 Å². The number of aromatic nitrogens is 3. The second-order valence-corrected chi connectivity index (χ2v) is 5.39. The van der Waals surface area contributed by atoms with Gasteiger partial charge in [0.25, 0.3) is 0 Å². The standard InChI is InChI=1S/C16H18N4/c1-10(2)15-6-7-20(19-15)16-5-4-14(17)13-9-18-11(3)8-12(13)16/h4-10H,17H2,1-3H3. The van der Waals surface area contributed by atoms with Crippen LogP contribution >= 0.6 is 0 Å². The second kappa shape index (κ2) is 4.63. The zero-order valence-corrected chi connectivity index (χ0v) is 12.0. The number of aryl methyl sites for hydroxylation is 1. The molecule has 0 atom stereocenters. The van der Waals surface area contributed by atoms with E-state index in [1.807, 2.05) is 36.1 Å². The van der Waals surface area contributed by atoms with Gasteiger partial charge in [0, 0.05) is 34.5 Å². The molecule has 3 aromatic rings. The molecule has 20 heavy (non-hydrogen) atoms. The summed E-state index contributed by atoms with van der Waals surface area (Å²) in [5, 5.41) is 6.69. The van der Waals surface area contributed by atoms with Crippen molar-refractivity contribution in [3.05, 3.63) is 48.0 Å². The molecule has 0 radical (unpaired) electrons. The molecular formula is C16H18N4. The summed E-state index contributed by atoms with van der Waals surface area (Å²) >= 11 is 0. The van der Waals surface area contributed by atoms with E-state index in [0.717, 1.165) is 33.5 Å². The van der Waals surface area contributed by atoms with Crippen LogP contribution in [0.25, 0.3) is 16.5 Å². The summed E-state index contributed by atoms with van der Waals surface area (Å²) < 4.78 is 1.91. The predicted molar refractivity (Wildman–Crippen MR) is 82.1 cm³/mol. The van der Waals surface area contributed by atoms with Crippen LogP contribution in [0.2, 0.25) is 0 Å². The van der Waals surface area contributed by atoms with Crippen molar-refractivity contribution in [2.75, 3.05) is 5.73 Å². The van der Waals surface area contributed by atoms with Gasteiger partial charge >= 0.3 is 0 Å². The minimum atomic E-state index is 0.416. The van der Waals surface area contributed by atoms with Crippen LogP contribution in [0.5, 0.6) is 0 Å². The Hall–Kier alpha value is -2.36. The molecule has 2 aromatic heterocycles. The third-order valence-electron chi connectivity index (χ3n) is 3.50. The number of nitrogens with two attached hydrogens (primary N) is 1. The average Bonchev–Trinajstić information content (AvgIpc) is 2.88. The molecule has 0 saturated heterocycles. The van der Waals surface area contributed by atoms with Gasteiger partial charge < -0.3 is 5.73 Å². The minimum Gasteiger partial charge on any atom is -0.398 e. The smallest absolute Gasteiger partial charge is 0.0726 e. The van der Waals surface area contributed by atoms with E-state index in [2.05, 4.69) is 36.1 Å². The monoisotopic (exact) mass is 266 g/mol. The number of anilines is 1. The first-order valence-electron chi connectivity index (χ1n) is 6.77. The topological polar surface area (TPSA) is 56.7 Å². The Balaban J connectivity index is 2.24. The van der Waals surface area contributed by atoms with Crippen molar-refractivity contribution in [3.8, 4) is 5.69 Å². The van der Waals surface area contributed by atoms with Crippen LogP contribution in [0.3, 0.4) is 0 Å². The molecule has 0 aliphatic heterocycles. The van der Waals surface area contributed by atoms with Gasteiger partial charge in [0.2, 0.25) is 0 Å². The van der Waals surface area contributed by atoms with E-state index in [9.17, 15) is 0 Å². The summed E-state index contributed by atoms with van der Waals surface area (Å²) in [7, 11) is 0. The van der Waals surface area contributed by atoms with Gasteiger partial charge in [-0.3, -0.25) is 4.98 Å². The van der Waals surface area contributed by atoms with Gasteiger partial charge in [0.1, 0.15) is 0 Å². The van der Waals surface area contributed by atoms with E-state index < -0.39 is 0 Å². The molecule has 0 spiro atoms. The minimum absolute atomic E-state index is 0.416. The highest BCUT2D eigenvalue weighted by molar-refractivity contribution is 5.97. The summed E-state index contributed by atoms with van der Waals surface area (Å²) in [4.78, 5) is 4.33. The number of fused-ring (bicyclic) bond motifs is 1. The number of hydrogen-bond acceptors (Lipinski definition) is 3. The maximum Gasteiger partial charge on any atom is 0.0726 e. The van der Waals surface area contributed by atoms with E-state index in [1.54, 1.807) is 0 Å². The molecule has 1 aromatic carbocycles. The summed E-state index contributed by atoms with van der Waals surface area (Å²) in [6, 6.07) is 8.03. The molecule has 3 rings (SSSR count). The van der Waals surface area contributed by atoms with Crippen LogP contribution in [-0.4, -0.2) is 14.8 Å². The largest absolute Gasteiger partial charge is 0.398 e. The Bertz CT molecular complexity index is 771. The molecule has 4 nitrogen and oxygen atoms in total. The van der Waals surface area contributed by atoms with Crippen LogP contribution in [0.15, 0.2) is 36.7 Å². The third kappa shape index (κ3) is 2.03. The summed E-state index contributed by atoms with van der Waals surface area (Å²) in [5.41, 5.74) is 9.87. The van der Waals surface area contributed by atoms with E-state index in [0.29, 0.717) is 5.92 Å². The van der Waals surface area contributed by atoms with Gasteiger partial charge in [-0.05, 0) is 37.1 Å². The lowest BCUT2D eigenvalue weighted by molar-refractivity contribution is 0.770. The first-order chi connectivity index (χ1) is 9.56. The van der Waals surface area contributed by atoms with E-state index in [1.165, 1.54) is 0 Å². The highest BCUT2D eigenvalue weighted by Crippen LogP contribution is 2.27. The van der Waals surface area contributed by atoms with E-state index in [4.69, 9.17) is 5.73 Å². The Kier molecular flexibility index (Phi) is 2.93. The Morgan fingerprint density at radius 2 is 1.95 bits per heavy atom. The lowest BCUT2D eigenvalue weighted by Crippen LogP contribution is -2.00. The normalized spacial score (nSPS) is 11.4. The predicted octanol–water partition coefficient (Wildman–Crippen LogP) is 3.43. The van der Waals surface area contributed by atoms with Gasteiger partial charge in [-0.1, -0.05) is 13.8 Å². The number of benzene rings is 1. The summed E-state index contributed by atoms with van der Waals surface area (Å²) in [6.07, 6.45) is 3.83. The maximum atomic E-state index is 6.04.